The number of aliphatic hydroxyl groups excluding tert-OH is 1. The largest absolute Gasteiger partial charge is 0.368 e. The van der Waals surface area contributed by atoms with Gasteiger partial charge in [-0.15, -0.1) is 0 Å². The normalized spacial score (nSPS) is 12.1. The van der Waals surface area contributed by atoms with Crippen molar-refractivity contribution in [1.29, 1.82) is 5.26 Å². The molecule has 2 aromatic carbocycles. The first kappa shape index (κ1) is 14.1. The standard InChI is InChI=1S/C17H14FN3O/c1-21(14-6-2-11(10-19)3-7-14)17(22)16-8-12-4-5-13(18)9-15(12)20-16/h2-9,17,20,22H,1H3. The highest BCUT2D eigenvalue weighted by Crippen LogP contribution is 2.26. The van der Waals surface area contributed by atoms with Gasteiger partial charge in [0.2, 0.25) is 0 Å². The number of anilines is 1. The molecule has 0 saturated carbocycles. The molecular weight excluding hydrogens is 281 g/mol. The Labute approximate surface area is 127 Å². The highest BCUT2D eigenvalue weighted by Gasteiger charge is 2.16. The van der Waals surface area contributed by atoms with Gasteiger partial charge in [-0.3, -0.25) is 0 Å². The first-order chi connectivity index (χ1) is 10.6. The van der Waals surface area contributed by atoms with Crippen LogP contribution in [0.5, 0.6) is 0 Å². The zero-order chi connectivity index (χ0) is 15.7. The van der Waals surface area contributed by atoms with Crippen LogP contribution in [0.3, 0.4) is 0 Å². The van der Waals surface area contributed by atoms with Crippen LogP contribution in [0.2, 0.25) is 0 Å². The molecule has 3 rings (SSSR count). The number of hydrogen-bond donors (Lipinski definition) is 2. The topological polar surface area (TPSA) is 63.1 Å². The minimum Gasteiger partial charge on any atom is -0.368 e. The van der Waals surface area contributed by atoms with Crippen LogP contribution in [0.25, 0.3) is 10.9 Å². The van der Waals surface area contributed by atoms with Gasteiger partial charge < -0.3 is 15.0 Å². The number of aliphatic hydroxyl groups is 1. The highest BCUT2D eigenvalue weighted by atomic mass is 19.1. The van der Waals surface area contributed by atoms with E-state index in [0.717, 1.165) is 11.1 Å². The summed E-state index contributed by atoms with van der Waals surface area (Å²) in [5.41, 5.74) is 2.55. The summed E-state index contributed by atoms with van der Waals surface area (Å²) in [5, 5.41) is 20.1. The Morgan fingerprint density at radius 2 is 1.91 bits per heavy atom. The van der Waals surface area contributed by atoms with Crippen LogP contribution < -0.4 is 4.90 Å². The molecule has 0 aliphatic carbocycles. The zero-order valence-electron chi connectivity index (χ0n) is 11.9. The van der Waals surface area contributed by atoms with Crippen molar-refractivity contribution in [3.8, 4) is 6.07 Å². The molecule has 1 unspecified atom stereocenters. The number of aromatic nitrogens is 1. The first-order valence-corrected chi connectivity index (χ1v) is 6.78. The van der Waals surface area contributed by atoms with Gasteiger partial charge in [0.25, 0.3) is 0 Å². The number of aromatic amines is 1. The molecule has 3 aromatic rings. The highest BCUT2D eigenvalue weighted by molar-refractivity contribution is 5.80. The van der Waals surface area contributed by atoms with Gasteiger partial charge in [-0.1, -0.05) is 0 Å². The van der Waals surface area contributed by atoms with E-state index in [4.69, 9.17) is 5.26 Å². The zero-order valence-corrected chi connectivity index (χ0v) is 11.9. The molecule has 22 heavy (non-hydrogen) atoms. The molecule has 0 radical (unpaired) electrons. The van der Waals surface area contributed by atoms with Crippen molar-refractivity contribution in [2.24, 2.45) is 0 Å². The molecule has 0 amide bonds. The van der Waals surface area contributed by atoms with Crippen molar-refractivity contribution >= 4 is 16.6 Å². The van der Waals surface area contributed by atoms with Crippen molar-refractivity contribution in [3.05, 3.63) is 65.6 Å². The first-order valence-electron chi connectivity index (χ1n) is 6.78. The number of benzene rings is 2. The van der Waals surface area contributed by atoms with E-state index in [1.807, 2.05) is 0 Å². The number of nitriles is 1. The second kappa shape index (κ2) is 5.51. The second-order valence-corrected chi connectivity index (χ2v) is 5.10. The molecule has 0 bridgehead atoms. The molecule has 0 spiro atoms. The van der Waals surface area contributed by atoms with Crippen LogP contribution >= 0.6 is 0 Å². The van der Waals surface area contributed by atoms with E-state index in [-0.39, 0.29) is 5.82 Å². The number of rotatable bonds is 3. The number of halogens is 1. The Balaban J connectivity index is 1.90. The third-order valence-corrected chi connectivity index (χ3v) is 3.65. The van der Waals surface area contributed by atoms with Crippen molar-refractivity contribution in [3.63, 3.8) is 0 Å². The molecule has 0 aliphatic rings. The van der Waals surface area contributed by atoms with E-state index in [1.165, 1.54) is 12.1 Å². The van der Waals surface area contributed by atoms with Crippen molar-refractivity contribution in [2.75, 3.05) is 11.9 Å². The van der Waals surface area contributed by atoms with Crippen molar-refractivity contribution < 1.29 is 9.50 Å². The van der Waals surface area contributed by atoms with Crippen LogP contribution in [0, 0.1) is 17.1 Å². The third kappa shape index (κ3) is 2.52. The molecule has 5 heteroatoms. The maximum Gasteiger partial charge on any atom is 0.168 e. The Morgan fingerprint density at radius 3 is 2.59 bits per heavy atom. The fourth-order valence-corrected chi connectivity index (χ4v) is 2.38. The van der Waals surface area contributed by atoms with E-state index in [0.29, 0.717) is 16.8 Å². The smallest absolute Gasteiger partial charge is 0.168 e. The Bertz CT molecular complexity index is 848. The number of fused-ring (bicyclic) bond motifs is 1. The SMILES string of the molecule is CN(c1ccc(C#N)cc1)C(O)c1cc2ccc(F)cc2[nH]1. The number of nitrogens with one attached hydrogen (secondary N) is 1. The minimum absolute atomic E-state index is 0.323. The Hall–Kier alpha value is -2.84. The molecule has 110 valence electrons. The fourth-order valence-electron chi connectivity index (χ4n) is 2.38. The summed E-state index contributed by atoms with van der Waals surface area (Å²) in [4.78, 5) is 4.69. The summed E-state index contributed by atoms with van der Waals surface area (Å²) >= 11 is 0. The number of hydrogen-bond acceptors (Lipinski definition) is 3. The molecule has 0 aliphatic heterocycles. The molecule has 2 N–H and O–H groups in total. The van der Waals surface area contributed by atoms with Gasteiger partial charge in [-0.05, 0) is 48.5 Å². The number of nitrogens with zero attached hydrogens (tertiary/aromatic N) is 2. The van der Waals surface area contributed by atoms with Gasteiger partial charge in [-0.2, -0.15) is 5.26 Å². The lowest BCUT2D eigenvalue weighted by atomic mass is 10.2. The van der Waals surface area contributed by atoms with Crippen molar-refractivity contribution in [1.82, 2.24) is 4.98 Å². The molecule has 4 nitrogen and oxygen atoms in total. The summed E-state index contributed by atoms with van der Waals surface area (Å²) in [6.07, 6.45) is -0.900. The van der Waals surface area contributed by atoms with Crippen LogP contribution in [-0.4, -0.2) is 17.1 Å². The minimum atomic E-state index is -0.900. The van der Waals surface area contributed by atoms with Gasteiger partial charge in [0.15, 0.2) is 6.23 Å². The lowest BCUT2D eigenvalue weighted by Gasteiger charge is -2.25. The van der Waals surface area contributed by atoms with Crippen LogP contribution in [0.15, 0.2) is 48.5 Å². The Morgan fingerprint density at radius 1 is 1.18 bits per heavy atom. The summed E-state index contributed by atoms with van der Waals surface area (Å²) < 4.78 is 13.2. The predicted octanol–water partition coefficient (Wildman–Crippen LogP) is 3.31. The summed E-state index contributed by atoms with van der Waals surface area (Å²) in [6, 6.07) is 15.2. The predicted molar refractivity (Wildman–Crippen MR) is 82.8 cm³/mol. The Kier molecular flexibility index (Phi) is 3.53. The van der Waals surface area contributed by atoms with E-state index in [2.05, 4.69) is 11.1 Å². The lowest BCUT2D eigenvalue weighted by molar-refractivity contribution is 0.174. The molecule has 1 atom stereocenters. The van der Waals surface area contributed by atoms with Crippen LogP contribution in [0.4, 0.5) is 10.1 Å². The third-order valence-electron chi connectivity index (χ3n) is 3.65. The average Bonchev–Trinajstić information content (AvgIpc) is 2.96. The molecule has 1 aromatic heterocycles. The summed E-state index contributed by atoms with van der Waals surface area (Å²) in [5.74, 6) is -0.323. The monoisotopic (exact) mass is 295 g/mol. The second-order valence-electron chi connectivity index (χ2n) is 5.10. The summed E-state index contributed by atoms with van der Waals surface area (Å²) in [6.45, 7) is 0. The maximum absolute atomic E-state index is 13.2. The van der Waals surface area contributed by atoms with Gasteiger partial charge in [0.1, 0.15) is 5.82 Å². The maximum atomic E-state index is 13.2. The average molecular weight is 295 g/mol. The lowest BCUT2D eigenvalue weighted by Crippen LogP contribution is -2.23. The molecule has 0 fully saturated rings. The molecular formula is C17H14FN3O. The van der Waals surface area contributed by atoms with E-state index in [9.17, 15) is 9.50 Å². The van der Waals surface area contributed by atoms with Crippen LogP contribution in [-0.2, 0) is 0 Å². The van der Waals surface area contributed by atoms with E-state index in [1.54, 1.807) is 48.3 Å². The molecule has 1 heterocycles. The fraction of sp³-hybridized carbons (Fsp3) is 0.118. The van der Waals surface area contributed by atoms with E-state index >= 15 is 0 Å². The summed E-state index contributed by atoms with van der Waals surface area (Å²) in [7, 11) is 1.75. The van der Waals surface area contributed by atoms with Gasteiger partial charge in [-0.25, -0.2) is 4.39 Å². The van der Waals surface area contributed by atoms with Crippen molar-refractivity contribution in [2.45, 2.75) is 6.23 Å². The van der Waals surface area contributed by atoms with Gasteiger partial charge >= 0.3 is 0 Å². The van der Waals surface area contributed by atoms with Crippen LogP contribution in [0.1, 0.15) is 17.5 Å². The quantitative estimate of drug-likeness (QED) is 0.729. The number of H-pyrrole nitrogens is 1. The van der Waals surface area contributed by atoms with E-state index < -0.39 is 6.23 Å². The molecule has 0 saturated heterocycles. The van der Waals surface area contributed by atoms with Gasteiger partial charge in [0.05, 0.1) is 17.3 Å². The van der Waals surface area contributed by atoms with Gasteiger partial charge in [0, 0.05) is 23.6 Å².